The molecule has 7 heteroatoms. The first kappa shape index (κ1) is 14.8. The van der Waals surface area contributed by atoms with E-state index in [1.807, 2.05) is 0 Å². The normalized spacial score (nSPS) is 11.4. The van der Waals surface area contributed by atoms with E-state index in [-0.39, 0.29) is 22.3 Å². The molecule has 0 saturated carbocycles. The van der Waals surface area contributed by atoms with Gasteiger partial charge in [0.05, 0.1) is 18.1 Å². The van der Waals surface area contributed by atoms with E-state index >= 15 is 0 Å². The van der Waals surface area contributed by atoms with Crippen LogP contribution in [0.2, 0.25) is 0 Å². The fourth-order valence-corrected chi connectivity index (χ4v) is 2.05. The zero-order valence-electron chi connectivity index (χ0n) is 10.1. The van der Waals surface area contributed by atoms with Gasteiger partial charge >= 0.3 is 5.97 Å². The Morgan fingerprint density at radius 2 is 1.94 bits per heavy atom. The van der Waals surface area contributed by atoms with Gasteiger partial charge in [-0.2, -0.15) is 0 Å². The van der Waals surface area contributed by atoms with Crippen LogP contribution in [0, 0.1) is 0 Å². The Balaban J connectivity index is 3.27. The van der Waals surface area contributed by atoms with Gasteiger partial charge in [0.15, 0.2) is 0 Å². The van der Waals surface area contributed by atoms with Crippen LogP contribution >= 0.6 is 10.7 Å². The molecular formula is C11H13ClO5S. The molecule has 0 atom stereocenters. The van der Waals surface area contributed by atoms with Crippen molar-refractivity contribution >= 4 is 25.7 Å². The Bertz CT molecular complexity index is 551. The van der Waals surface area contributed by atoms with Crippen molar-refractivity contribution in [2.75, 3.05) is 7.11 Å². The van der Waals surface area contributed by atoms with Crippen LogP contribution in [0.25, 0.3) is 0 Å². The largest absolute Gasteiger partial charge is 0.496 e. The number of rotatable bonds is 4. The van der Waals surface area contributed by atoms with Crippen LogP contribution in [-0.4, -0.2) is 27.6 Å². The Morgan fingerprint density at radius 1 is 1.33 bits per heavy atom. The molecule has 0 amide bonds. The van der Waals surface area contributed by atoms with E-state index < -0.39 is 15.0 Å². The molecule has 5 nitrogen and oxygen atoms in total. The number of esters is 1. The molecule has 18 heavy (non-hydrogen) atoms. The highest BCUT2D eigenvalue weighted by Gasteiger charge is 2.19. The maximum absolute atomic E-state index is 11.8. The van der Waals surface area contributed by atoms with Gasteiger partial charge in [0, 0.05) is 10.7 Å². The lowest BCUT2D eigenvalue weighted by atomic mass is 10.2. The van der Waals surface area contributed by atoms with Crippen LogP contribution in [0.3, 0.4) is 0 Å². The number of benzene rings is 1. The molecule has 0 radical (unpaired) electrons. The van der Waals surface area contributed by atoms with E-state index in [1.165, 1.54) is 19.2 Å². The number of carbonyl (C=O) groups excluding carboxylic acids is 1. The van der Waals surface area contributed by atoms with Crippen molar-refractivity contribution in [2.24, 2.45) is 0 Å². The Morgan fingerprint density at radius 3 is 2.39 bits per heavy atom. The predicted octanol–water partition coefficient (Wildman–Crippen LogP) is 2.19. The van der Waals surface area contributed by atoms with Gasteiger partial charge in [0.1, 0.15) is 11.3 Å². The first-order chi connectivity index (χ1) is 8.25. The third-order valence-electron chi connectivity index (χ3n) is 2.02. The smallest absolute Gasteiger partial charge is 0.342 e. The van der Waals surface area contributed by atoms with Crippen LogP contribution in [-0.2, 0) is 13.8 Å². The topological polar surface area (TPSA) is 69.7 Å². The van der Waals surface area contributed by atoms with Gasteiger partial charge in [-0.1, -0.05) is 0 Å². The molecule has 1 aromatic rings. The Hall–Kier alpha value is -1.27. The van der Waals surface area contributed by atoms with Gasteiger partial charge < -0.3 is 9.47 Å². The summed E-state index contributed by atoms with van der Waals surface area (Å²) in [6, 6.07) is 3.74. The van der Waals surface area contributed by atoms with E-state index in [2.05, 4.69) is 0 Å². The SMILES string of the molecule is COc1ccc(S(=O)(=O)Cl)cc1C(=O)OC(C)C. The third kappa shape index (κ3) is 3.61. The Labute approximate surface area is 110 Å². The molecule has 0 fully saturated rings. The molecule has 0 N–H and O–H groups in total. The van der Waals surface area contributed by atoms with Crippen molar-refractivity contribution < 1.29 is 22.7 Å². The van der Waals surface area contributed by atoms with Crippen molar-refractivity contribution in [3.05, 3.63) is 23.8 Å². The van der Waals surface area contributed by atoms with Crippen LogP contribution in [0.4, 0.5) is 0 Å². The first-order valence-corrected chi connectivity index (χ1v) is 7.40. The minimum absolute atomic E-state index is 0.0212. The van der Waals surface area contributed by atoms with Crippen molar-refractivity contribution in [3.63, 3.8) is 0 Å². The molecule has 0 bridgehead atoms. The maximum atomic E-state index is 11.8. The molecule has 0 saturated heterocycles. The van der Waals surface area contributed by atoms with Gasteiger partial charge in [-0.15, -0.1) is 0 Å². The summed E-state index contributed by atoms with van der Waals surface area (Å²) < 4.78 is 32.4. The van der Waals surface area contributed by atoms with Crippen molar-refractivity contribution in [3.8, 4) is 5.75 Å². The van der Waals surface area contributed by atoms with Crippen LogP contribution < -0.4 is 4.74 Å². The molecule has 0 aliphatic rings. The minimum Gasteiger partial charge on any atom is -0.496 e. The molecular weight excluding hydrogens is 280 g/mol. The van der Waals surface area contributed by atoms with Gasteiger partial charge in [-0.25, -0.2) is 13.2 Å². The van der Waals surface area contributed by atoms with Crippen LogP contribution in [0.15, 0.2) is 23.1 Å². The lowest BCUT2D eigenvalue weighted by Crippen LogP contribution is -2.13. The van der Waals surface area contributed by atoms with E-state index in [1.54, 1.807) is 13.8 Å². The molecule has 1 rings (SSSR count). The van der Waals surface area contributed by atoms with Crippen LogP contribution in [0.5, 0.6) is 5.75 Å². The lowest BCUT2D eigenvalue weighted by molar-refractivity contribution is 0.0374. The zero-order valence-corrected chi connectivity index (χ0v) is 11.7. The average Bonchev–Trinajstić information content (AvgIpc) is 2.26. The summed E-state index contributed by atoms with van der Waals surface area (Å²) in [6.45, 7) is 3.37. The number of hydrogen-bond acceptors (Lipinski definition) is 5. The van der Waals surface area contributed by atoms with Gasteiger partial charge in [-0.05, 0) is 32.0 Å². The monoisotopic (exact) mass is 292 g/mol. The molecule has 0 aliphatic heterocycles. The molecule has 0 spiro atoms. The molecule has 0 aliphatic carbocycles. The molecule has 0 unspecified atom stereocenters. The highest BCUT2D eigenvalue weighted by molar-refractivity contribution is 8.13. The van der Waals surface area contributed by atoms with E-state index in [0.29, 0.717) is 0 Å². The molecule has 1 aromatic carbocycles. The summed E-state index contributed by atoms with van der Waals surface area (Å²) in [5.74, 6) is -0.436. The van der Waals surface area contributed by atoms with Gasteiger partial charge in [0.25, 0.3) is 9.05 Å². The van der Waals surface area contributed by atoms with E-state index in [4.69, 9.17) is 20.2 Å². The fourth-order valence-electron chi connectivity index (χ4n) is 1.28. The number of methoxy groups -OCH3 is 1. The lowest BCUT2D eigenvalue weighted by Gasteiger charge is -2.11. The van der Waals surface area contributed by atoms with Gasteiger partial charge in [0.2, 0.25) is 0 Å². The Kier molecular flexibility index (Phi) is 4.59. The first-order valence-electron chi connectivity index (χ1n) is 5.09. The fraction of sp³-hybridized carbons (Fsp3) is 0.364. The maximum Gasteiger partial charge on any atom is 0.342 e. The quantitative estimate of drug-likeness (QED) is 0.628. The van der Waals surface area contributed by atoms with Gasteiger partial charge in [-0.3, -0.25) is 0 Å². The van der Waals surface area contributed by atoms with Crippen molar-refractivity contribution in [1.29, 1.82) is 0 Å². The highest BCUT2D eigenvalue weighted by atomic mass is 35.7. The molecule has 0 aromatic heterocycles. The summed E-state index contributed by atoms with van der Waals surface area (Å²) in [5.41, 5.74) is 0.0212. The second kappa shape index (κ2) is 5.58. The van der Waals surface area contributed by atoms with Crippen molar-refractivity contribution in [2.45, 2.75) is 24.8 Å². The number of ether oxygens (including phenoxy) is 2. The standard InChI is InChI=1S/C11H13ClO5S/c1-7(2)17-11(13)9-6-8(18(12,14)15)4-5-10(9)16-3/h4-7H,1-3H3. The zero-order chi connectivity index (χ0) is 13.9. The van der Waals surface area contributed by atoms with Crippen molar-refractivity contribution in [1.82, 2.24) is 0 Å². The second-order valence-electron chi connectivity index (χ2n) is 3.75. The number of carbonyl (C=O) groups is 1. The second-order valence-corrected chi connectivity index (χ2v) is 6.32. The summed E-state index contributed by atoms with van der Waals surface area (Å²) in [7, 11) is 2.68. The highest BCUT2D eigenvalue weighted by Crippen LogP contribution is 2.25. The molecule has 100 valence electrons. The summed E-state index contributed by atoms with van der Waals surface area (Å²) in [6.07, 6.45) is -0.321. The van der Waals surface area contributed by atoms with E-state index in [9.17, 15) is 13.2 Å². The summed E-state index contributed by atoms with van der Waals surface area (Å²) >= 11 is 0. The molecule has 0 heterocycles. The average molecular weight is 293 g/mol. The summed E-state index contributed by atoms with van der Waals surface area (Å²) in [5, 5.41) is 0. The third-order valence-corrected chi connectivity index (χ3v) is 3.37. The number of halogens is 1. The predicted molar refractivity (Wildman–Crippen MR) is 66.6 cm³/mol. The number of hydrogen-bond donors (Lipinski definition) is 0. The summed E-state index contributed by atoms with van der Waals surface area (Å²) in [4.78, 5) is 11.6. The van der Waals surface area contributed by atoms with Crippen LogP contribution in [0.1, 0.15) is 24.2 Å². The van der Waals surface area contributed by atoms with E-state index in [0.717, 1.165) is 6.07 Å². The minimum atomic E-state index is -3.90.